The third kappa shape index (κ3) is 5.20. The van der Waals surface area contributed by atoms with Crippen LogP contribution in [0.4, 0.5) is 0 Å². The molecule has 1 amide bonds. The highest BCUT2D eigenvalue weighted by atomic mass is 79.9. The molecule has 3 rings (SSSR count). The topological polar surface area (TPSA) is 60.9 Å². The van der Waals surface area contributed by atoms with Gasteiger partial charge in [-0.2, -0.15) is 0 Å². The Balaban J connectivity index is 1.67. The molecule has 0 aliphatic carbocycles. The van der Waals surface area contributed by atoms with Gasteiger partial charge in [-0.25, -0.2) is 0 Å². The molecular weight excluding hydrogens is 420 g/mol. The van der Waals surface area contributed by atoms with E-state index in [0.29, 0.717) is 25.1 Å². The SMILES string of the molecule is Cc1ccc([C@@H](CCC(=O)O)N2CCN(C(=O)c3ccc(Br)cc3)CC2)cc1. The van der Waals surface area contributed by atoms with Crippen molar-refractivity contribution in [3.8, 4) is 0 Å². The first-order chi connectivity index (χ1) is 13.4. The minimum Gasteiger partial charge on any atom is -0.481 e. The summed E-state index contributed by atoms with van der Waals surface area (Å²) in [5.74, 6) is -0.731. The molecule has 1 fully saturated rings. The van der Waals surface area contributed by atoms with Gasteiger partial charge < -0.3 is 10.0 Å². The predicted octanol–water partition coefficient (Wildman–Crippen LogP) is 4.12. The number of aliphatic carboxylic acids is 1. The summed E-state index contributed by atoms with van der Waals surface area (Å²) in [7, 11) is 0. The van der Waals surface area contributed by atoms with Gasteiger partial charge in [0.25, 0.3) is 5.91 Å². The molecule has 6 heteroatoms. The van der Waals surface area contributed by atoms with E-state index in [9.17, 15) is 9.59 Å². The molecule has 2 aromatic carbocycles. The molecule has 1 aliphatic heterocycles. The fraction of sp³-hybridized carbons (Fsp3) is 0.364. The molecule has 0 aromatic heterocycles. The zero-order chi connectivity index (χ0) is 20.1. The number of hydrogen-bond acceptors (Lipinski definition) is 3. The van der Waals surface area contributed by atoms with E-state index in [4.69, 9.17) is 5.11 Å². The predicted molar refractivity (Wildman–Crippen MR) is 112 cm³/mol. The van der Waals surface area contributed by atoms with Gasteiger partial charge in [-0.15, -0.1) is 0 Å². The van der Waals surface area contributed by atoms with Crippen LogP contribution in [0.2, 0.25) is 0 Å². The molecule has 28 heavy (non-hydrogen) atoms. The van der Waals surface area contributed by atoms with Crippen LogP contribution < -0.4 is 0 Å². The number of amides is 1. The molecule has 148 valence electrons. The largest absolute Gasteiger partial charge is 0.481 e. The third-order valence-electron chi connectivity index (χ3n) is 5.23. The minimum absolute atomic E-state index is 0.0459. The summed E-state index contributed by atoms with van der Waals surface area (Å²) in [5.41, 5.74) is 3.02. The fourth-order valence-corrected chi connectivity index (χ4v) is 3.88. The van der Waals surface area contributed by atoms with Crippen LogP contribution in [0.5, 0.6) is 0 Å². The first kappa shape index (κ1) is 20.6. The highest BCUT2D eigenvalue weighted by Gasteiger charge is 2.27. The molecule has 2 aromatic rings. The lowest BCUT2D eigenvalue weighted by molar-refractivity contribution is -0.137. The van der Waals surface area contributed by atoms with Gasteiger partial charge in [0.1, 0.15) is 0 Å². The van der Waals surface area contributed by atoms with Crippen molar-refractivity contribution in [1.82, 2.24) is 9.80 Å². The maximum Gasteiger partial charge on any atom is 0.303 e. The van der Waals surface area contributed by atoms with Crippen LogP contribution in [0.15, 0.2) is 53.0 Å². The molecule has 1 atom stereocenters. The Kier molecular flexibility index (Phi) is 6.86. The first-order valence-corrected chi connectivity index (χ1v) is 10.3. The van der Waals surface area contributed by atoms with E-state index < -0.39 is 5.97 Å². The maximum absolute atomic E-state index is 12.7. The van der Waals surface area contributed by atoms with Crippen LogP contribution in [0, 0.1) is 6.92 Å². The second kappa shape index (κ2) is 9.34. The van der Waals surface area contributed by atoms with Gasteiger partial charge in [0, 0.05) is 48.7 Å². The number of aryl methyl sites for hydroxylation is 1. The van der Waals surface area contributed by atoms with E-state index >= 15 is 0 Å². The smallest absolute Gasteiger partial charge is 0.303 e. The van der Waals surface area contributed by atoms with Crippen molar-refractivity contribution in [2.24, 2.45) is 0 Å². The summed E-state index contributed by atoms with van der Waals surface area (Å²) in [6.07, 6.45) is 0.704. The summed E-state index contributed by atoms with van der Waals surface area (Å²) in [6.45, 7) is 4.80. The molecule has 0 bridgehead atoms. The summed E-state index contributed by atoms with van der Waals surface area (Å²) in [6, 6.07) is 15.8. The molecule has 0 saturated carbocycles. The average molecular weight is 445 g/mol. The molecule has 0 radical (unpaired) electrons. The van der Waals surface area contributed by atoms with Crippen molar-refractivity contribution in [3.63, 3.8) is 0 Å². The lowest BCUT2D eigenvalue weighted by Gasteiger charge is -2.39. The Labute approximate surface area is 174 Å². The monoisotopic (exact) mass is 444 g/mol. The molecule has 0 unspecified atom stereocenters. The van der Waals surface area contributed by atoms with Crippen molar-refractivity contribution in [3.05, 3.63) is 69.7 Å². The van der Waals surface area contributed by atoms with Crippen LogP contribution in [0.25, 0.3) is 0 Å². The Bertz CT molecular complexity index is 813. The summed E-state index contributed by atoms with van der Waals surface area (Å²) in [4.78, 5) is 28.0. The molecule has 5 nitrogen and oxygen atoms in total. The van der Waals surface area contributed by atoms with Crippen molar-refractivity contribution >= 4 is 27.8 Å². The van der Waals surface area contributed by atoms with Crippen LogP contribution in [-0.2, 0) is 4.79 Å². The van der Waals surface area contributed by atoms with E-state index in [1.54, 1.807) is 0 Å². The molecule has 1 N–H and O–H groups in total. The Morgan fingerprint density at radius 1 is 1.00 bits per heavy atom. The number of carbonyl (C=O) groups excluding carboxylic acids is 1. The number of carbonyl (C=O) groups is 2. The lowest BCUT2D eigenvalue weighted by Crippen LogP contribution is -2.49. The van der Waals surface area contributed by atoms with Crippen molar-refractivity contribution in [1.29, 1.82) is 0 Å². The molecule has 1 saturated heterocycles. The Morgan fingerprint density at radius 2 is 1.61 bits per heavy atom. The van der Waals surface area contributed by atoms with E-state index in [1.807, 2.05) is 36.1 Å². The number of benzene rings is 2. The van der Waals surface area contributed by atoms with E-state index in [2.05, 4.69) is 45.1 Å². The second-order valence-electron chi connectivity index (χ2n) is 7.19. The van der Waals surface area contributed by atoms with Crippen molar-refractivity contribution in [2.75, 3.05) is 26.2 Å². The summed E-state index contributed by atoms with van der Waals surface area (Å²) >= 11 is 3.39. The molecule has 1 heterocycles. The number of hydrogen-bond donors (Lipinski definition) is 1. The number of nitrogens with zero attached hydrogens (tertiary/aromatic N) is 2. The molecule has 0 spiro atoms. The maximum atomic E-state index is 12.7. The first-order valence-electron chi connectivity index (χ1n) is 9.51. The van der Waals surface area contributed by atoms with Crippen LogP contribution >= 0.6 is 15.9 Å². The summed E-state index contributed by atoms with van der Waals surface area (Å²) in [5, 5.41) is 9.14. The number of rotatable bonds is 6. The van der Waals surface area contributed by atoms with Crippen molar-refractivity contribution in [2.45, 2.75) is 25.8 Å². The second-order valence-corrected chi connectivity index (χ2v) is 8.11. The van der Waals surface area contributed by atoms with Crippen LogP contribution in [0.3, 0.4) is 0 Å². The standard InChI is InChI=1S/C22H25BrN2O3/c1-16-2-4-17(5-3-16)20(10-11-21(26)27)24-12-14-25(15-13-24)22(28)18-6-8-19(23)9-7-18/h2-9,20H,10-15H2,1H3,(H,26,27)/t20-/m1/s1. The quantitative estimate of drug-likeness (QED) is 0.727. The van der Waals surface area contributed by atoms with E-state index in [-0.39, 0.29) is 18.4 Å². The van der Waals surface area contributed by atoms with Gasteiger partial charge in [-0.3, -0.25) is 14.5 Å². The van der Waals surface area contributed by atoms with Gasteiger partial charge >= 0.3 is 5.97 Å². The van der Waals surface area contributed by atoms with Gasteiger partial charge in [-0.1, -0.05) is 45.8 Å². The number of carboxylic acids is 1. The van der Waals surface area contributed by atoms with Gasteiger partial charge in [0.05, 0.1) is 0 Å². The van der Waals surface area contributed by atoms with Crippen LogP contribution in [0.1, 0.15) is 40.4 Å². The van der Waals surface area contributed by atoms with Gasteiger partial charge in [-0.05, 0) is 43.2 Å². The zero-order valence-corrected chi connectivity index (χ0v) is 17.6. The lowest BCUT2D eigenvalue weighted by atomic mass is 9.98. The Hall–Kier alpha value is -2.18. The number of carboxylic acid groups (broad SMARTS) is 1. The van der Waals surface area contributed by atoms with E-state index in [0.717, 1.165) is 23.1 Å². The third-order valence-corrected chi connectivity index (χ3v) is 5.76. The normalized spacial score (nSPS) is 16.0. The number of piperazine rings is 1. The van der Waals surface area contributed by atoms with Gasteiger partial charge in [0.2, 0.25) is 0 Å². The number of halogens is 1. The van der Waals surface area contributed by atoms with Gasteiger partial charge in [0.15, 0.2) is 0 Å². The zero-order valence-electron chi connectivity index (χ0n) is 16.0. The van der Waals surface area contributed by atoms with E-state index in [1.165, 1.54) is 5.56 Å². The molecular formula is C22H25BrN2O3. The van der Waals surface area contributed by atoms with Crippen molar-refractivity contribution < 1.29 is 14.7 Å². The highest BCUT2D eigenvalue weighted by molar-refractivity contribution is 9.10. The average Bonchev–Trinajstić information content (AvgIpc) is 2.70. The minimum atomic E-state index is -0.777. The fourth-order valence-electron chi connectivity index (χ4n) is 3.62. The summed E-state index contributed by atoms with van der Waals surface area (Å²) < 4.78 is 0.952. The Morgan fingerprint density at radius 3 is 2.18 bits per heavy atom. The highest BCUT2D eigenvalue weighted by Crippen LogP contribution is 2.27. The molecule has 1 aliphatic rings. The van der Waals surface area contributed by atoms with Crippen LogP contribution in [-0.4, -0.2) is 53.0 Å².